The second-order valence-electron chi connectivity index (χ2n) is 8.44. The van der Waals surface area contributed by atoms with Crippen molar-refractivity contribution in [2.75, 3.05) is 6.79 Å². The van der Waals surface area contributed by atoms with Crippen molar-refractivity contribution in [2.24, 2.45) is 0 Å². The fourth-order valence-electron chi connectivity index (χ4n) is 3.84. The Morgan fingerprint density at radius 1 is 1.12 bits per heavy atom. The standard InChI is InChI=1S/C25H26N2O6S/c1-14(2)23-26-24(34-18-7-4-16(5-8-18)6-9-21(28)29)22(25(30)31)27(23)12-17-11-20-19(10-15(17)3)32-13-33-20/h4-5,7-8,10-11,14H,6,9,12-13H2,1-3H3,(H,28,29)(H,30,31). The number of carboxylic acids is 2. The summed E-state index contributed by atoms with van der Waals surface area (Å²) in [5.41, 5.74) is 2.97. The predicted octanol–water partition coefficient (Wildman–Crippen LogP) is 4.96. The van der Waals surface area contributed by atoms with Gasteiger partial charge in [0, 0.05) is 17.2 Å². The molecule has 8 nitrogen and oxygen atoms in total. The van der Waals surface area contributed by atoms with Gasteiger partial charge in [0.05, 0.1) is 6.54 Å². The van der Waals surface area contributed by atoms with Crippen LogP contribution in [-0.2, 0) is 17.8 Å². The molecule has 0 unspecified atom stereocenters. The number of aromatic carboxylic acids is 1. The van der Waals surface area contributed by atoms with Gasteiger partial charge in [-0.1, -0.05) is 37.7 Å². The van der Waals surface area contributed by atoms with Gasteiger partial charge < -0.3 is 24.3 Å². The molecule has 1 aromatic heterocycles. The molecule has 0 spiro atoms. The monoisotopic (exact) mass is 482 g/mol. The first kappa shape index (κ1) is 23.7. The number of aliphatic carboxylic acids is 1. The highest BCUT2D eigenvalue weighted by Crippen LogP contribution is 2.37. The summed E-state index contributed by atoms with van der Waals surface area (Å²) in [7, 11) is 0. The van der Waals surface area contributed by atoms with E-state index >= 15 is 0 Å². The van der Waals surface area contributed by atoms with Gasteiger partial charge in [0.25, 0.3) is 0 Å². The smallest absolute Gasteiger partial charge is 0.355 e. The number of hydrogen-bond donors (Lipinski definition) is 2. The van der Waals surface area contributed by atoms with Crippen molar-refractivity contribution >= 4 is 23.7 Å². The molecular weight excluding hydrogens is 456 g/mol. The van der Waals surface area contributed by atoms with E-state index in [4.69, 9.17) is 19.6 Å². The highest BCUT2D eigenvalue weighted by molar-refractivity contribution is 7.99. The van der Waals surface area contributed by atoms with E-state index < -0.39 is 11.9 Å². The van der Waals surface area contributed by atoms with E-state index in [2.05, 4.69) is 0 Å². The molecule has 0 saturated heterocycles. The molecule has 2 N–H and O–H groups in total. The van der Waals surface area contributed by atoms with Crippen molar-refractivity contribution in [3.63, 3.8) is 0 Å². The third kappa shape index (κ3) is 5.04. The molecule has 0 radical (unpaired) electrons. The average Bonchev–Trinajstić information content (AvgIpc) is 3.37. The first-order valence-electron chi connectivity index (χ1n) is 10.9. The van der Waals surface area contributed by atoms with Crippen LogP contribution in [0.2, 0.25) is 0 Å². The SMILES string of the molecule is Cc1cc2c(cc1Cn1c(C(C)C)nc(Sc3ccc(CCC(=O)O)cc3)c1C(=O)O)OCO2. The number of rotatable bonds is 9. The number of carbonyl (C=O) groups is 2. The van der Waals surface area contributed by atoms with Gasteiger partial charge in [0.15, 0.2) is 17.2 Å². The summed E-state index contributed by atoms with van der Waals surface area (Å²) >= 11 is 1.29. The zero-order valence-electron chi connectivity index (χ0n) is 19.2. The Labute approximate surface area is 201 Å². The maximum atomic E-state index is 12.4. The van der Waals surface area contributed by atoms with Gasteiger partial charge in [0.2, 0.25) is 6.79 Å². The van der Waals surface area contributed by atoms with Crippen LogP contribution in [0.4, 0.5) is 0 Å². The number of aromatic nitrogens is 2. The molecule has 2 heterocycles. The van der Waals surface area contributed by atoms with Crippen LogP contribution in [0.15, 0.2) is 46.3 Å². The van der Waals surface area contributed by atoms with Gasteiger partial charge in [-0.2, -0.15) is 0 Å². The van der Waals surface area contributed by atoms with E-state index in [0.717, 1.165) is 21.6 Å². The van der Waals surface area contributed by atoms with Gasteiger partial charge in [-0.25, -0.2) is 9.78 Å². The summed E-state index contributed by atoms with van der Waals surface area (Å²) in [4.78, 5) is 28.7. The number of fused-ring (bicyclic) bond motifs is 1. The van der Waals surface area contributed by atoms with Gasteiger partial charge in [-0.15, -0.1) is 0 Å². The Morgan fingerprint density at radius 2 is 1.79 bits per heavy atom. The molecule has 2 aromatic carbocycles. The van der Waals surface area contributed by atoms with Gasteiger partial charge in [-0.3, -0.25) is 4.79 Å². The third-order valence-corrected chi connectivity index (χ3v) is 6.59. The summed E-state index contributed by atoms with van der Waals surface area (Å²) in [5.74, 6) is 0.168. The van der Waals surface area contributed by atoms with Crippen molar-refractivity contribution < 1.29 is 29.3 Å². The Bertz CT molecular complexity index is 1230. The second kappa shape index (κ2) is 9.80. The molecule has 178 valence electrons. The molecular formula is C25H26N2O6S. The van der Waals surface area contributed by atoms with Gasteiger partial charge >= 0.3 is 11.9 Å². The molecule has 0 amide bonds. The quantitative estimate of drug-likeness (QED) is 0.440. The Balaban J connectivity index is 1.66. The fourth-order valence-corrected chi connectivity index (χ4v) is 4.77. The average molecular weight is 483 g/mol. The molecule has 9 heteroatoms. The molecule has 3 aromatic rings. The third-order valence-electron chi connectivity index (χ3n) is 5.61. The normalized spacial score (nSPS) is 12.4. The summed E-state index contributed by atoms with van der Waals surface area (Å²) in [5, 5.41) is 19.4. The highest BCUT2D eigenvalue weighted by atomic mass is 32.2. The summed E-state index contributed by atoms with van der Waals surface area (Å²) < 4.78 is 12.7. The molecule has 34 heavy (non-hydrogen) atoms. The van der Waals surface area contributed by atoms with E-state index in [0.29, 0.717) is 35.3 Å². The van der Waals surface area contributed by atoms with E-state index in [1.54, 1.807) is 4.57 Å². The largest absolute Gasteiger partial charge is 0.481 e. The van der Waals surface area contributed by atoms with Crippen LogP contribution in [0.5, 0.6) is 11.5 Å². The molecule has 1 aliphatic heterocycles. The van der Waals surface area contributed by atoms with E-state index in [1.807, 2.05) is 57.2 Å². The topological polar surface area (TPSA) is 111 Å². The van der Waals surface area contributed by atoms with Crippen LogP contribution in [0.3, 0.4) is 0 Å². The van der Waals surface area contributed by atoms with Crippen LogP contribution in [-0.4, -0.2) is 38.5 Å². The molecule has 0 saturated carbocycles. The number of benzene rings is 2. The zero-order valence-corrected chi connectivity index (χ0v) is 20.0. The van der Waals surface area contributed by atoms with E-state index in [-0.39, 0.29) is 24.8 Å². The van der Waals surface area contributed by atoms with E-state index in [9.17, 15) is 14.7 Å². The minimum absolute atomic E-state index is 0.0140. The van der Waals surface area contributed by atoms with Crippen molar-refractivity contribution in [1.82, 2.24) is 9.55 Å². The van der Waals surface area contributed by atoms with Crippen LogP contribution in [0.25, 0.3) is 0 Å². The van der Waals surface area contributed by atoms with Gasteiger partial charge in [0.1, 0.15) is 10.9 Å². The first-order chi connectivity index (χ1) is 16.2. The first-order valence-corrected chi connectivity index (χ1v) is 11.8. The van der Waals surface area contributed by atoms with Crippen molar-refractivity contribution in [1.29, 1.82) is 0 Å². The minimum Gasteiger partial charge on any atom is -0.481 e. The minimum atomic E-state index is -1.04. The number of hydrogen-bond acceptors (Lipinski definition) is 6. The fraction of sp³-hybridized carbons (Fsp3) is 0.320. The Morgan fingerprint density at radius 3 is 2.41 bits per heavy atom. The molecule has 0 aliphatic carbocycles. The summed E-state index contributed by atoms with van der Waals surface area (Å²) in [6, 6.07) is 11.3. The van der Waals surface area contributed by atoms with E-state index in [1.165, 1.54) is 11.8 Å². The van der Waals surface area contributed by atoms with Crippen molar-refractivity contribution in [3.8, 4) is 11.5 Å². The number of aryl methyl sites for hydroxylation is 2. The Hall–Kier alpha value is -3.46. The number of imidazole rings is 1. The predicted molar refractivity (Wildman–Crippen MR) is 126 cm³/mol. The van der Waals surface area contributed by atoms with Crippen LogP contribution >= 0.6 is 11.8 Å². The van der Waals surface area contributed by atoms with Crippen LogP contribution < -0.4 is 9.47 Å². The summed E-state index contributed by atoms with van der Waals surface area (Å²) in [6.45, 7) is 6.46. The number of nitrogens with zero attached hydrogens (tertiary/aromatic N) is 2. The molecule has 0 bridgehead atoms. The lowest BCUT2D eigenvalue weighted by Crippen LogP contribution is -2.14. The second-order valence-corrected chi connectivity index (χ2v) is 9.50. The lowest BCUT2D eigenvalue weighted by molar-refractivity contribution is -0.136. The van der Waals surface area contributed by atoms with Crippen molar-refractivity contribution in [2.45, 2.75) is 56.0 Å². The molecule has 0 atom stereocenters. The zero-order chi connectivity index (χ0) is 24.4. The maximum Gasteiger partial charge on any atom is 0.355 e. The summed E-state index contributed by atoms with van der Waals surface area (Å²) in [6.07, 6.45) is 0.513. The van der Waals surface area contributed by atoms with Gasteiger partial charge in [-0.05, 0) is 54.3 Å². The van der Waals surface area contributed by atoms with Crippen LogP contribution in [0.1, 0.15) is 59.2 Å². The number of carboxylic acid groups (broad SMARTS) is 2. The molecule has 1 aliphatic rings. The Kier molecular flexibility index (Phi) is 6.83. The highest BCUT2D eigenvalue weighted by Gasteiger charge is 2.26. The molecule has 4 rings (SSSR count). The lowest BCUT2D eigenvalue weighted by Gasteiger charge is -2.14. The molecule has 0 fully saturated rings. The maximum absolute atomic E-state index is 12.4. The van der Waals surface area contributed by atoms with Crippen LogP contribution in [0, 0.1) is 6.92 Å². The lowest BCUT2D eigenvalue weighted by atomic mass is 10.1. The number of ether oxygens (including phenoxy) is 2. The van der Waals surface area contributed by atoms with Crippen molar-refractivity contribution in [3.05, 3.63) is 64.6 Å².